The minimum atomic E-state index is -0.318. The number of carbonyl (C=O) groups excluding carboxylic acids is 1. The zero-order chi connectivity index (χ0) is 23.9. The van der Waals surface area contributed by atoms with Gasteiger partial charge in [0.2, 0.25) is 0 Å². The van der Waals surface area contributed by atoms with Gasteiger partial charge in [0.25, 0.3) is 0 Å². The van der Waals surface area contributed by atoms with E-state index >= 15 is 0 Å². The van der Waals surface area contributed by atoms with Gasteiger partial charge in [-0.3, -0.25) is 4.39 Å². The molecule has 0 saturated carbocycles. The molecule has 0 radical (unpaired) electrons. The van der Waals surface area contributed by atoms with Crippen LogP contribution in [0.4, 0.5) is 4.39 Å². The van der Waals surface area contributed by atoms with Gasteiger partial charge in [-0.15, -0.1) is 0 Å². The fraction of sp³-hybridized carbons (Fsp3) is 0.414. The molecule has 5 heteroatoms. The predicted octanol–water partition coefficient (Wildman–Crippen LogP) is 4.99. The van der Waals surface area contributed by atoms with Crippen LogP contribution in [0.3, 0.4) is 0 Å². The van der Waals surface area contributed by atoms with E-state index in [1.165, 1.54) is 23.8 Å². The van der Waals surface area contributed by atoms with Crippen LogP contribution in [0.2, 0.25) is 0 Å². The number of carbonyl (C=O) groups is 1. The van der Waals surface area contributed by atoms with Gasteiger partial charge in [-0.05, 0) is 83.6 Å². The summed E-state index contributed by atoms with van der Waals surface area (Å²) in [6.07, 6.45) is 8.28. The van der Waals surface area contributed by atoms with Crippen molar-refractivity contribution >= 4 is 11.5 Å². The van der Waals surface area contributed by atoms with Crippen LogP contribution in [0.1, 0.15) is 51.9 Å². The highest BCUT2D eigenvalue weighted by Gasteiger charge is 2.26. The number of alkyl halides is 1. The van der Waals surface area contributed by atoms with Crippen LogP contribution in [-0.2, 0) is 17.6 Å². The summed E-state index contributed by atoms with van der Waals surface area (Å²) in [5.41, 5.74) is 7.70. The van der Waals surface area contributed by atoms with Crippen molar-refractivity contribution in [2.75, 3.05) is 40.0 Å². The number of nitrogens with zero attached hydrogens (tertiary/aromatic N) is 1. The van der Waals surface area contributed by atoms with Gasteiger partial charge in [-0.2, -0.15) is 0 Å². The zero-order valence-electron chi connectivity index (χ0n) is 19.9. The first-order valence-electron chi connectivity index (χ1n) is 12.2. The number of rotatable bonds is 9. The minimum Gasteiger partial charge on any atom is -0.465 e. The maximum atomic E-state index is 12.4. The third-order valence-corrected chi connectivity index (χ3v) is 6.84. The molecule has 180 valence electrons. The van der Waals surface area contributed by atoms with Crippen molar-refractivity contribution in [3.8, 4) is 0 Å². The van der Waals surface area contributed by atoms with E-state index in [1.807, 2.05) is 24.3 Å². The van der Waals surface area contributed by atoms with E-state index in [-0.39, 0.29) is 19.3 Å². The summed E-state index contributed by atoms with van der Waals surface area (Å²) >= 11 is 0. The quantitative estimate of drug-likeness (QED) is 0.532. The van der Waals surface area contributed by atoms with Gasteiger partial charge >= 0.3 is 5.97 Å². The third kappa shape index (κ3) is 5.65. The molecular formula is C29H34FNO3. The van der Waals surface area contributed by atoms with Crippen LogP contribution in [0.5, 0.6) is 0 Å². The molecule has 2 aromatic rings. The number of fused-ring (bicyclic) bond motifs is 1. The number of aliphatic hydroxyl groups excluding tert-OH is 1. The van der Waals surface area contributed by atoms with Crippen LogP contribution < -0.4 is 0 Å². The standard InChI is InChI=1S/C29H34FNO3/c1-34-29(33)26-12-13-27-25(18-26)6-2-5-23(7-3-16-32)28(27)24-10-8-21(9-11-24)17-22-19-31(20-22)15-4-14-30/h3,7-13,18,22,32H,2,4-6,14-17,19-20H2,1H3. The summed E-state index contributed by atoms with van der Waals surface area (Å²) in [6.45, 7) is 2.74. The molecule has 1 fully saturated rings. The highest BCUT2D eigenvalue weighted by atomic mass is 19.1. The van der Waals surface area contributed by atoms with E-state index in [4.69, 9.17) is 4.74 Å². The number of hydrogen-bond acceptors (Lipinski definition) is 4. The monoisotopic (exact) mass is 463 g/mol. The lowest BCUT2D eigenvalue weighted by atomic mass is 9.87. The molecule has 2 aliphatic rings. The first kappa shape index (κ1) is 24.4. The lowest BCUT2D eigenvalue weighted by Crippen LogP contribution is -2.47. The van der Waals surface area contributed by atoms with E-state index in [1.54, 1.807) is 6.08 Å². The number of likely N-dealkylation sites (tertiary alicyclic amines) is 1. The SMILES string of the molecule is COC(=O)c1ccc2c(c1)CCCC(C=CCO)=C2c1ccc(CC2CN(CCCF)C2)cc1. The summed E-state index contributed by atoms with van der Waals surface area (Å²) in [6, 6.07) is 14.6. The Morgan fingerprint density at radius 1 is 1.18 bits per heavy atom. The highest BCUT2D eigenvalue weighted by Crippen LogP contribution is 2.36. The number of halogens is 1. The Morgan fingerprint density at radius 3 is 2.68 bits per heavy atom. The summed E-state index contributed by atoms with van der Waals surface area (Å²) in [5.74, 6) is 0.324. The Kier molecular flexibility index (Phi) is 8.30. The summed E-state index contributed by atoms with van der Waals surface area (Å²) in [5, 5.41) is 9.38. The van der Waals surface area contributed by atoms with Crippen LogP contribution in [-0.4, -0.2) is 56.0 Å². The van der Waals surface area contributed by atoms with E-state index in [0.29, 0.717) is 17.9 Å². The molecule has 0 bridgehead atoms. The zero-order valence-corrected chi connectivity index (χ0v) is 19.9. The molecule has 0 aromatic heterocycles. The average molecular weight is 464 g/mol. The number of aliphatic hydroxyl groups is 1. The van der Waals surface area contributed by atoms with Gasteiger partial charge in [0.15, 0.2) is 0 Å². The van der Waals surface area contributed by atoms with Crippen LogP contribution >= 0.6 is 0 Å². The molecule has 1 saturated heterocycles. The lowest BCUT2D eigenvalue weighted by molar-refractivity contribution is 0.0600. The second-order valence-corrected chi connectivity index (χ2v) is 9.27. The van der Waals surface area contributed by atoms with E-state index in [0.717, 1.165) is 62.0 Å². The first-order chi connectivity index (χ1) is 16.6. The van der Waals surface area contributed by atoms with Gasteiger partial charge in [-0.1, -0.05) is 42.5 Å². The van der Waals surface area contributed by atoms with Crippen molar-refractivity contribution in [2.45, 2.75) is 32.1 Å². The van der Waals surface area contributed by atoms with Gasteiger partial charge < -0.3 is 14.7 Å². The molecule has 1 aliphatic heterocycles. The molecule has 4 rings (SSSR count). The molecule has 0 atom stereocenters. The first-order valence-corrected chi connectivity index (χ1v) is 12.2. The number of allylic oxidation sites excluding steroid dienone is 2. The summed E-state index contributed by atoms with van der Waals surface area (Å²) in [7, 11) is 1.41. The number of methoxy groups -OCH3 is 1. The summed E-state index contributed by atoms with van der Waals surface area (Å²) < 4.78 is 17.3. The van der Waals surface area contributed by atoms with Gasteiger partial charge in [0, 0.05) is 19.6 Å². The molecule has 2 aromatic carbocycles. The van der Waals surface area contributed by atoms with Crippen molar-refractivity contribution in [3.63, 3.8) is 0 Å². The van der Waals surface area contributed by atoms with Crippen molar-refractivity contribution in [3.05, 3.63) is 88.0 Å². The Morgan fingerprint density at radius 2 is 1.97 bits per heavy atom. The Bertz CT molecular complexity index is 1050. The molecule has 0 spiro atoms. The molecule has 34 heavy (non-hydrogen) atoms. The Hall–Kier alpha value is -2.76. The lowest BCUT2D eigenvalue weighted by Gasteiger charge is -2.39. The number of benzene rings is 2. The van der Waals surface area contributed by atoms with Crippen molar-refractivity contribution in [1.82, 2.24) is 4.90 Å². The number of ether oxygens (including phenoxy) is 1. The van der Waals surface area contributed by atoms with Crippen LogP contribution in [0, 0.1) is 5.92 Å². The van der Waals surface area contributed by atoms with Crippen molar-refractivity contribution < 1.29 is 19.0 Å². The van der Waals surface area contributed by atoms with Gasteiger partial charge in [-0.25, -0.2) is 4.79 Å². The third-order valence-electron chi connectivity index (χ3n) is 6.84. The topological polar surface area (TPSA) is 49.8 Å². The highest BCUT2D eigenvalue weighted by molar-refractivity contribution is 5.92. The number of esters is 1. The molecular weight excluding hydrogens is 429 g/mol. The minimum absolute atomic E-state index is 0.00753. The largest absolute Gasteiger partial charge is 0.465 e. The Labute approximate surface area is 201 Å². The van der Waals surface area contributed by atoms with Crippen LogP contribution in [0.25, 0.3) is 5.57 Å². The molecule has 1 heterocycles. The molecule has 1 N–H and O–H groups in total. The maximum Gasteiger partial charge on any atom is 0.337 e. The Balaban J connectivity index is 1.59. The normalized spacial score (nSPS) is 16.9. The average Bonchev–Trinajstić information content (AvgIpc) is 3.02. The van der Waals surface area contributed by atoms with Gasteiger partial charge in [0.05, 0.1) is 26.0 Å². The number of hydrogen-bond donors (Lipinski definition) is 1. The predicted molar refractivity (Wildman–Crippen MR) is 134 cm³/mol. The van der Waals surface area contributed by atoms with Crippen LogP contribution in [0.15, 0.2) is 60.2 Å². The van der Waals surface area contributed by atoms with Gasteiger partial charge in [0.1, 0.15) is 0 Å². The van der Waals surface area contributed by atoms with E-state index in [2.05, 4.69) is 29.2 Å². The van der Waals surface area contributed by atoms with E-state index < -0.39 is 0 Å². The van der Waals surface area contributed by atoms with Crippen molar-refractivity contribution in [1.29, 1.82) is 0 Å². The molecule has 0 unspecified atom stereocenters. The van der Waals surface area contributed by atoms with Crippen molar-refractivity contribution in [2.24, 2.45) is 5.92 Å². The summed E-state index contributed by atoms with van der Waals surface area (Å²) in [4.78, 5) is 14.4. The second kappa shape index (κ2) is 11.6. The smallest absolute Gasteiger partial charge is 0.337 e. The fourth-order valence-electron chi connectivity index (χ4n) is 5.17. The number of aryl methyl sites for hydroxylation is 1. The maximum absolute atomic E-state index is 12.4. The van der Waals surface area contributed by atoms with E-state index in [9.17, 15) is 14.3 Å². The molecule has 0 amide bonds. The molecule has 4 nitrogen and oxygen atoms in total. The molecule has 1 aliphatic carbocycles. The fourth-order valence-corrected chi connectivity index (χ4v) is 5.17. The second-order valence-electron chi connectivity index (χ2n) is 9.27.